The van der Waals surface area contributed by atoms with Crippen molar-refractivity contribution in [2.45, 2.75) is 0 Å². The van der Waals surface area contributed by atoms with Crippen LogP contribution in [0.4, 0.5) is 25.8 Å². The molecule has 0 fully saturated rings. The number of hydrogen-bond donors (Lipinski definition) is 2. The molecule has 21 heavy (non-hydrogen) atoms. The molecule has 2 aromatic carbocycles. The smallest absolute Gasteiger partial charge is 0.274 e. The molecule has 6 nitrogen and oxygen atoms in total. The molecule has 0 heterocycles. The number of nitrogen functional groups attached to an aromatic ring is 1. The number of nitro groups is 1. The van der Waals surface area contributed by atoms with Crippen molar-refractivity contribution in [2.75, 3.05) is 11.1 Å². The second kappa shape index (κ2) is 5.53. The fourth-order valence-electron chi connectivity index (χ4n) is 1.67. The van der Waals surface area contributed by atoms with Gasteiger partial charge in [-0.05, 0) is 24.3 Å². The zero-order valence-electron chi connectivity index (χ0n) is 10.5. The van der Waals surface area contributed by atoms with E-state index in [1.165, 1.54) is 6.07 Å². The minimum atomic E-state index is -0.891. The van der Waals surface area contributed by atoms with E-state index in [1.54, 1.807) is 0 Å². The number of halogens is 2. The Morgan fingerprint density at radius 1 is 1.19 bits per heavy atom. The molecule has 8 heteroatoms. The minimum Gasteiger partial charge on any atom is -0.399 e. The Morgan fingerprint density at radius 2 is 1.90 bits per heavy atom. The number of anilines is 2. The van der Waals surface area contributed by atoms with Crippen LogP contribution in [0.15, 0.2) is 36.4 Å². The molecular formula is C13H9F2N3O3. The summed E-state index contributed by atoms with van der Waals surface area (Å²) in [6.45, 7) is 0. The number of carbonyl (C=O) groups excluding carboxylic acids is 1. The molecule has 0 spiro atoms. The number of benzene rings is 2. The Labute approximate surface area is 117 Å². The van der Waals surface area contributed by atoms with Gasteiger partial charge in [0.25, 0.3) is 11.6 Å². The molecule has 0 atom stereocenters. The Hall–Kier alpha value is -3.03. The highest BCUT2D eigenvalue weighted by atomic mass is 19.1. The standard InChI is InChI=1S/C13H9F2N3O3/c14-7-3-9(6-10(4-7)18(20)21)17-13(19)11-2-1-8(16)5-12(11)15/h1-6H,16H2,(H,17,19). The van der Waals surface area contributed by atoms with Crippen molar-refractivity contribution in [1.82, 2.24) is 0 Å². The maximum Gasteiger partial charge on any atom is 0.274 e. The Kier molecular flexibility index (Phi) is 3.79. The summed E-state index contributed by atoms with van der Waals surface area (Å²) >= 11 is 0. The van der Waals surface area contributed by atoms with E-state index in [9.17, 15) is 23.7 Å². The molecule has 2 rings (SSSR count). The predicted octanol–water partition coefficient (Wildman–Crippen LogP) is 2.71. The SMILES string of the molecule is Nc1ccc(C(=O)Nc2cc(F)cc([N+](=O)[O-])c2)c(F)c1. The molecule has 0 aliphatic rings. The second-order valence-electron chi connectivity index (χ2n) is 4.15. The monoisotopic (exact) mass is 293 g/mol. The van der Waals surface area contributed by atoms with Crippen molar-refractivity contribution >= 4 is 23.0 Å². The lowest BCUT2D eigenvalue weighted by atomic mass is 10.1. The van der Waals surface area contributed by atoms with Gasteiger partial charge in [-0.2, -0.15) is 0 Å². The van der Waals surface area contributed by atoms with Crippen LogP contribution in [0.1, 0.15) is 10.4 Å². The van der Waals surface area contributed by atoms with Crippen LogP contribution in [0.25, 0.3) is 0 Å². The van der Waals surface area contributed by atoms with Gasteiger partial charge in [-0.15, -0.1) is 0 Å². The molecule has 0 unspecified atom stereocenters. The highest BCUT2D eigenvalue weighted by molar-refractivity contribution is 6.04. The summed E-state index contributed by atoms with van der Waals surface area (Å²) in [4.78, 5) is 21.7. The van der Waals surface area contributed by atoms with Crippen molar-refractivity contribution in [3.63, 3.8) is 0 Å². The van der Waals surface area contributed by atoms with Crippen LogP contribution in [0.5, 0.6) is 0 Å². The van der Waals surface area contributed by atoms with Crippen LogP contribution in [0, 0.1) is 21.7 Å². The molecule has 0 saturated heterocycles. The average Bonchev–Trinajstić information content (AvgIpc) is 2.37. The maximum absolute atomic E-state index is 13.6. The summed E-state index contributed by atoms with van der Waals surface area (Å²) in [5.74, 6) is -2.61. The third kappa shape index (κ3) is 3.30. The van der Waals surface area contributed by atoms with Gasteiger partial charge in [-0.3, -0.25) is 14.9 Å². The van der Waals surface area contributed by atoms with E-state index in [4.69, 9.17) is 5.73 Å². The number of rotatable bonds is 3. The lowest BCUT2D eigenvalue weighted by molar-refractivity contribution is -0.385. The molecule has 1 amide bonds. The number of nitrogens with two attached hydrogens (primary N) is 1. The van der Waals surface area contributed by atoms with Gasteiger partial charge in [0.1, 0.15) is 11.6 Å². The van der Waals surface area contributed by atoms with E-state index in [-0.39, 0.29) is 16.9 Å². The molecule has 3 N–H and O–H groups in total. The van der Waals surface area contributed by atoms with E-state index in [0.717, 1.165) is 24.3 Å². The van der Waals surface area contributed by atoms with E-state index < -0.39 is 28.2 Å². The normalized spacial score (nSPS) is 10.2. The molecule has 2 aromatic rings. The Bertz CT molecular complexity index is 735. The molecular weight excluding hydrogens is 284 g/mol. The summed E-state index contributed by atoms with van der Waals surface area (Å²) in [6, 6.07) is 6.01. The van der Waals surface area contributed by atoms with Crippen LogP contribution in [-0.4, -0.2) is 10.8 Å². The quantitative estimate of drug-likeness (QED) is 0.516. The number of hydrogen-bond acceptors (Lipinski definition) is 4. The fraction of sp³-hybridized carbons (Fsp3) is 0. The van der Waals surface area contributed by atoms with Gasteiger partial charge < -0.3 is 11.1 Å². The van der Waals surface area contributed by atoms with Gasteiger partial charge >= 0.3 is 0 Å². The molecule has 108 valence electrons. The molecule has 0 aromatic heterocycles. The van der Waals surface area contributed by atoms with Crippen molar-refractivity contribution in [3.05, 3.63) is 63.7 Å². The first kappa shape index (κ1) is 14.4. The van der Waals surface area contributed by atoms with Gasteiger partial charge in [0.2, 0.25) is 0 Å². The summed E-state index contributed by atoms with van der Waals surface area (Å²) in [7, 11) is 0. The summed E-state index contributed by atoms with van der Waals surface area (Å²) in [5, 5.41) is 12.8. The molecule has 0 aliphatic heterocycles. The largest absolute Gasteiger partial charge is 0.399 e. The average molecular weight is 293 g/mol. The molecule has 0 saturated carbocycles. The van der Waals surface area contributed by atoms with E-state index in [1.807, 2.05) is 0 Å². The van der Waals surface area contributed by atoms with Gasteiger partial charge in [-0.1, -0.05) is 0 Å². The second-order valence-corrected chi connectivity index (χ2v) is 4.15. The fourth-order valence-corrected chi connectivity index (χ4v) is 1.67. The maximum atomic E-state index is 13.6. The van der Waals surface area contributed by atoms with Crippen LogP contribution >= 0.6 is 0 Å². The number of nitrogens with zero attached hydrogens (tertiary/aromatic N) is 1. The van der Waals surface area contributed by atoms with Gasteiger partial charge in [0, 0.05) is 11.8 Å². The number of nitrogens with one attached hydrogen (secondary N) is 1. The molecule has 0 radical (unpaired) electrons. The summed E-state index contributed by atoms with van der Waals surface area (Å²) in [5.41, 5.74) is 4.52. The number of amides is 1. The van der Waals surface area contributed by atoms with E-state index in [2.05, 4.69) is 5.32 Å². The van der Waals surface area contributed by atoms with Crippen molar-refractivity contribution in [3.8, 4) is 0 Å². The molecule has 0 bridgehead atoms. The van der Waals surface area contributed by atoms with Crippen LogP contribution in [0.3, 0.4) is 0 Å². The highest BCUT2D eigenvalue weighted by Gasteiger charge is 2.15. The van der Waals surface area contributed by atoms with Gasteiger partial charge in [-0.25, -0.2) is 8.78 Å². The first-order valence-electron chi connectivity index (χ1n) is 5.68. The number of carbonyl (C=O) groups is 1. The van der Waals surface area contributed by atoms with Crippen LogP contribution in [-0.2, 0) is 0 Å². The number of nitro benzene ring substituents is 1. The third-order valence-electron chi connectivity index (χ3n) is 2.59. The van der Waals surface area contributed by atoms with Crippen molar-refractivity contribution in [2.24, 2.45) is 0 Å². The lowest BCUT2D eigenvalue weighted by Gasteiger charge is -2.07. The zero-order chi connectivity index (χ0) is 15.6. The lowest BCUT2D eigenvalue weighted by Crippen LogP contribution is -2.14. The van der Waals surface area contributed by atoms with E-state index >= 15 is 0 Å². The Balaban J connectivity index is 2.29. The predicted molar refractivity (Wildman–Crippen MR) is 71.8 cm³/mol. The zero-order valence-corrected chi connectivity index (χ0v) is 10.5. The minimum absolute atomic E-state index is 0.144. The third-order valence-corrected chi connectivity index (χ3v) is 2.59. The van der Waals surface area contributed by atoms with Gasteiger partial charge in [0.05, 0.1) is 22.2 Å². The molecule has 0 aliphatic carbocycles. The van der Waals surface area contributed by atoms with Crippen molar-refractivity contribution in [1.29, 1.82) is 0 Å². The summed E-state index contributed by atoms with van der Waals surface area (Å²) in [6.07, 6.45) is 0. The summed E-state index contributed by atoms with van der Waals surface area (Å²) < 4.78 is 26.8. The topological polar surface area (TPSA) is 98.3 Å². The Morgan fingerprint density at radius 3 is 2.52 bits per heavy atom. The van der Waals surface area contributed by atoms with Crippen LogP contribution < -0.4 is 11.1 Å². The van der Waals surface area contributed by atoms with Crippen molar-refractivity contribution < 1.29 is 18.5 Å². The first-order chi connectivity index (χ1) is 9.86. The highest BCUT2D eigenvalue weighted by Crippen LogP contribution is 2.21. The van der Waals surface area contributed by atoms with Crippen LogP contribution in [0.2, 0.25) is 0 Å². The van der Waals surface area contributed by atoms with Gasteiger partial charge in [0.15, 0.2) is 0 Å². The first-order valence-corrected chi connectivity index (χ1v) is 5.68. The van der Waals surface area contributed by atoms with E-state index in [0.29, 0.717) is 6.07 Å². The number of non-ortho nitro benzene ring substituents is 1.